The van der Waals surface area contributed by atoms with Gasteiger partial charge in [-0.05, 0) is 56.4 Å². The molecule has 1 aliphatic carbocycles. The minimum absolute atomic E-state index is 0.0367. The first kappa shape index (κ1) is 19.7. The summed E-state index contributed by atoms with van der Waals surface area (Å²) in [5.74, 6) is -0.322. The van der Waals surface area contributed by atoms with Crippen LogP contribution in [0.1, 0.15) is 48.0 Å². The molecular weight excluding hydrogens is 361 g/mol. The van der Waals surface area contributed by atoms with Crippen molar-refractivity contribution >= 4 is 11.8 Å². The summed E-state index contributed by atoms with van der Waals surface area (Å²) in [5, 5.41) is 13.5. The number of nitrogens with zero attached hydrogens (tertiary/aromatic N) is 1. The van der Waals surface area contributed by atoms with Crippen LogP contribution in [0, 0.1) is 5.92 Å². The molecule has 2 amide bonds. The van der Waals surface area contributed by atoms with E-state index in [1.54, 1.807) is 4.90 Å². The van der Waals surface area contributed by atoms with Gasteiger partial charge < -0.3 is 15.3 Å². The Bertz CT molecular complexity index is 701. The van der Waals surface area contributed by atoms with E-state index in [0.717, 1.165) is 25.0 Å². The van der Waals surface area contributed by atoms with Gasteiger partial charge in [0.05, 0.1) is 11.2 Å². The normalized spacial score (nSPS) is 23.6. The van der Waals surface area contributed by atoms with Crippen molar-refractivity contribution < 1.29 is 27.9 Å². The Labute approximate surface area is 155 Å². The van der Waals surface area contributed by atoms with E-state index < -0.39 is 17.3 Å². The fraction of sp³-hybridized carbons (Fsp3) is 0.579. The fourth-order valence-corrected chi connectivity index (χ4v) is 3.28. The molecule has 1 aliphatic heterocycles. The van der Waals surface area contributed by atoms with Crippen LogP contribution in [-0.2, 0) is 11.0 Å². The largest absolute Gasteiger partial charge is 0.416 e. The maximum Gasteiger partial charge on any atom is 0.416 e. The van der Waals surface area contributed by atoms with Gasteiger partial charge in [-0.15, -0.1) is 0 Å². The van der Waals surface area contributed by atoms with Crippen LogP contribution < -0.4 is 5.32 Å². The number of nitrogens with one attached hydrogen (secondary N) is 1. The molecule has 1 unspecified atom stereocenters. The molecule has 0 spiro atoms. The Kier molecular flexibility index (Phi) is 5.46. The molecular formula is C19H23F3N2O3. The standard InChI is InChI=1S/C19H23F3N2O3/c20-19(21,22)15-6-4-14(5-7-15)17(26)24-10-1-8-18(27,9-11-24)12-23-16(25)13-2-3-13/h4-7,13,27H,1-3,8-12H2,(H,23,25). The summed E-state index contributed by atoms with van der Waals surface area (Å²) in [5.41, 5.74) is -1.68. The van der Waals surface area contributed by atoms with Crippen molar-refractivity contribution in [1.29, 1.82) is 0 Å². The second-order valence-corrected chi connectivity index (χ2v) is 7.44. The fourth-order valence-electron chi connectivity index (χ4n) is 3.28. The minimum Gasteiger partial charge on any atom is -0.388 e. The highest BCUT2D eigenvalue weighted by molar-refractivity contribution is 5.94. The Balaban J connectivity index is 1.58. The van der Waals surface area contributed by atoms with Crippen LogP contribution in [0.15, 0.2) is 24.3 Å². The first-order valence-electron chi connectivity index (χ1n) is 9.15. The Morgan fingerprint density at radius 1 is 1.15 bits per heavy atom. The van der Waals surface area contributed by atoms with Gasteiger partial charge in [-0.1, -0.05) is 0 Å². The lowest BCUT2D eigenvalue weighted by Gasteiger charge is -2.27. The summed E-state index contributed by atoms with van der Waals surface area (Å²) >= 11 is 0. The third kappa shape index (κ3) is 5.00. The lowest BCUT2D eigenvalue weighted by atomic mass is 9.95. The molecule has 1 atom stereocenters. The zero-order valence-corrected chi connectivity index (χ0v) is 14.9. The van der Waals surface area contributed by atoms with Crippen molar-refractivity contribution in [3.8, 4) is 0 Å². The highest BCUT2D eigenvalue weighted by Gasteiger charge is 2.35. The summed E-state index contributed by atoms with van der Waals surface area (Å²) < 4.78 is 37.9. The van der Waals surface area contributed by atoms with Gasteiger partial charge in [0.15, 0.2) is 0 Å². The first-order chi connectivity index (χ1) is 12.7. The number of aliphatic hydroxyl groups is 1. The number of likely N-dealkylation sites (tertiary alicyclic amines) is 1. The van der Waals surface area contributed by atoms with Crippen LogP contribution in [0.25, 0.3) is 0 Å². The number of hydrogen-bond acceptors (Lipinski definition) is 3. The predicted molar refractivity (Wildman–Crippen MR) is 91.9 cm³/mol. The van der Waals surface area contributed by atoms with Gasteiger partial charge in [0.25, 0.3) is 5.91 Å². The molecule has 148 valence electrons. The van der Waals surface area contributed by atoms with Crippen LogP contribution in [0.4, 0.5) is 13.2 Å². The van der Waals surface area contributed by atoms with E-state index in [1.807, 2.05) is 0 Å². The first-order valence-corrected chi connectivity index (χ1v) is 9.15. The van der Waals surface area contributed by atoms with Crippen molar-refractivity contribution in [3.63, 3.8) is 0 Å². The molecule has 0 radical (unpaired) electrons. The number of carbonyl (C=O) groups excluding carboxylic acids is 2. The topological polar surface area (TPSA) is 69.6 Å². The van der Waals surface area contributed by atoms with Crippen LogP contribution in [-0.4, -0.2) is 47.1 Å². The molecule has 0 bridgehead atoms. The maximum absolute atomic E-state index is 12.6. The molecule has 1 saturated heterocycles. The van der Waals surface area contributed by atoms with Crippen LogP contribution in [0.3, 0.4) is 0 Å². The van der Waals surface area contributed by atoms with Crippen molar-refractivity contribution in [2.75, 3.05) is 19.6 Å². The summed E-state index contributed by atoms with van der Waals surface area (Å²) in [6.07, 6.45) is -1.34. The molecule has 8 heteroatoms. The quantitative estimate of drug-likeness (QED) is 0.838. The van der Waals surface area contributed by atoms with E-state index in [2.05, 4.69) is 5.32 Å². The predicted octanol–water partition coefficient (Wildman–Crippen LogP) is 2.59. The Morgan fingerprint density at radius 2 is 1.81 bits per heavy atom. The van der Waals surface area contributed by atoms with E-state index >= 15 is 0 Å². The van der Waals surface area contributed by atoms with E-state index in [4.69, 9.17) is 0 Å². The van der Waals surface area contributed by atoms with Crippen molar-refractivity contribution in [3.05, 3.63) is 35.4 Å². The van der Waals surface area contributed by atoms with Crippen molar-refractivity contribution in [2.45, 2.75) is 43.9 Å². The number of hydrogen-bond donors (Lipinski definition) is 2. The lowest BCUT2D eigenvalue weighted by Crippen LogP contribution is -2.44. The van der Waals surface area contributed by atoms with Gasteiger partial charge >= 0.3 is 6.18 Å². The smallest absolute Gasteiger partial charge is 0.388 e. The van der Waals surface area contributed by atoms with Crippen LogP contribution in [0.5, 0.6) is 0 Å². The number of rotatable bonds is 4. The summed E-state index contributed by atoms with van der Waals surface area (Å²) in [6.45, 7) is 0.860. The molecule has 2 fully saturated rings. The van der Waals surface area contributed by atoms with Crippen molar-refractivity contribution in [2.24, 2.45) is 5.92 Å². The highest BCUT2D eigenvalue weighted by atomic mass is 19.4. The molecule has 3 rings (SSSR count). The number of halogens is 3. The van der Waals surface area contributed by atoms with Gasteiger partial charge in [0.2, 0.25) is 5.91 Å². The van der Waals surface area contributed by atoms with Crippen LogP contribution in [0.2, 0.25) is 0 Å². The molecule has 1 saturated carbocycles. The average molecular weight is 384 g/mol. The lowest BCUT2D eigenvalue weighted by molar-refractivity contribution is -0.137. The summed E-state index contributed by atoms with van der Waals surface area (Å²) in [6, 6.07) is 4.15. The zero-order valence-electron chi connectivity index (χ0n) is 14.9. The highest BCUT2D eigenvalue weighted by Crippen LogP contribution is 2.30. The van der Waals surface area contributed by atoms with E-state index in [-0.39, 0.29) is 36.4 Å². The molecule has 1 heterocycles. The third-order valence-electron chi connectivity index (χ3n) is 5.20. The van der Waals surface area contributed by atoms with E-state index in [0.29, 0.717) is 25.8 Å². The van der Waals surface area contributed by atoms with Gasteiger partial charge in [0.1, 0.15) is 0 Å². The molecule has 5 nitrogen and oxygen atoms in total. The molecule has 27 heavy (non-hydrogen) atoms. The minimum atomic E-state index is -4.44. The third-order valence-corrected chi connectivity index (χ3v) is 5.20. The molecule has 0 aromatic heterocycles. The van der Waals surface area contributed by atoms with Gasteiger partial charge in [-0.25, -0.2) is 0 Å². The summed E-state index contributed by atoms with van der Waals surface area (Å²) in [7, 11) is 0. The second kappa shape index (κ2) is 7.50. The monoisotopic (exact) mass is 384 g/mol. The molecule has 1 aromatic carbocycles. The van der Waals surface area contributed by atoms with Crippen molar-refractivity contribution in [1.82, 2.24) is 10.2 Å². The second-order valence-electron chi connectivity index (χ2n) is 7.44. The maximum atomic E-state index is 12.6. The molecule has 1 aromatic rings. The number of alkyl halides is 3. The number of benzene rings is 1. The zero-order chi connectivity index (χ0) is 19.7. The summed E-state index contributed by atoms with van der Waals surface area (Å²) in [4.78, 5) is 25.9. The SMILES string of the molecule is O=C(NCC1(O)CCCN(C(=O)c2ccc(C(F)(F)F)cc2)CC1)C1CC1. The number of amides is 2. The van der Waals surface area contributed by atoms with E-state index in [1.165, 1.54) is 12.1 Å². The molecule has 2 aliphatic rings. The van der Waals surface area contributed by atoms with Gasteiger partial charge in [-0.2, -0.15) is 13.2 Å². The van der Waals surface area contributed by atoms with Gasteiger partial charge in [0, 0.05) is 31.1 Å². The Morgan fingerprint density at radius 3 is 2.41 bits per heavy atom. The van der Waals surface area contributed by atoms with Gasteiger partial charge in [-0.3, -0.25) is 9.59 Å². The Hall–Kier alpha value is -2.09. The molecule has 2 N–H and O–H groups in total. The number of carbonyl (C=O) groups is 2. The average Bonchev–Trinajstić information content (AvgIpc) is 3.47. The van der Waals surface area contributed by atoms with E-state index in [9.17, 15) is 27.9 Å². The van der Waals surface area contributed by atoms with Crippen LogP contribution >= 0.6 is 0 Å².